The van der Waals surface area contributed by atoms with Crippen molar-refractivity contribution in [3.05, 3.63) is 84.2 Å². The molecule has 5 rings (SSSR count). The van der Waals surface area contributed by atoms with Gasteiger partial charge in [0, 0.05) is 29.0 Å². The zero-order valence-electron chi connectivity index (χ0n) is 19.1. The van der Waals surface area contributed by atoms with Crippen LogP contribution in [0.2, 0.25) is 0 Å². The molecule has 0 bridgehead atoms. The van der Waals surface area contributed by atoms with Gasteiger partial charge in [-0.3, -0.25) is 14.8 Å². The molecule has 2 fully saturated rings. The molecule has 3 N–H and O–H groups in total. The summed E-state index contributed by atoms with van der Waals surface area (Å²) < 4.78 is 23.2. The first-order valence-corrected chi connectivity index (χ1v) is 12.5. The maximum atomic E-state index is 13.9. The molecule has 0 radical (unpaired) electrons. The minimum Gasteiger partial charge on any atom is -0.488 e. The van der Waals surface area contributed by atoms with Gasteiger partial charge in [0.2, 0.25) is 0 Å². The summed E-state index contributed by atoms with van der Waals surface area (Å²) in [5.41, 5.74) is 1.98. The van der Waals surface area contributed by atoms with E-state index < -0.39 is 11.6 Å². The summed E-state index contributed by atoms with van der Waals surface area (Å²) in [5.74, 6) is -0.0178. The van der Waals surface area contributed by atoms with E-state index in [1.54, 1.807) is 6.07 Å². The van der Waals surface area contributed by atoms with Crippen molar-refractivity contribution in [3.8, 4) is 16.9 Å². The van der Waals surface area contributed by atoms with Gasteiger partial charge in [-0.05, 0) is 60.2 Å². The Morgan fingerprint density at radius 1 is 1.06 bits per heavy atom. The molecule has 35 heavy (non-hydrogen) atoms. The zero-order valence-corrected chi connectivity index (χ0v) is 19.9. The standard InChI is InChI=1S/C27H26FN3O3S/c28-21-10-13-23(24(15-21)34-17-18-5-2-1-3-6-18)19-8-11-22(12-9-19)35-29-16-20-7-4-14-27(20)25(32)30-26(33)31-27/h1-3,5-6,8-13,15,20,29H,4,7,14,16-17H2,(H2,30,31,32,33). The van der Waals surface area contributed by atoms with E-state index in [1.807, 2.05) is 54.6 Å². The Morgan fingerprint density at radius 2 is 1.86 bits per heavy atom. The molecular weight excluding hydrogens is 465 g/mol. The minimum absolute atomic E-state index is 0.0456. The molecule has 1 saturated heterocycles. The van der Waals surface area contributed by atoms with Crippen molar-refractivity contribution < 1.29 is 18.7 Å². The molecule has 180 valence electrons. The summed E-state index contributed by atoms with van der Waals surface area (Å²) in [4.78, 5) is 25.0. The first-order valence-electron chi connectivity index (χ1n) is 11.6. The predicted molar refractivity (Wildman–Crippen MR) is 133 cm³/mol. The normalized spacial score (nSPS) is 21.2. The van der Waals surface area contributed by atoms with E-state index in [0.717, 1.165) is 34.4 Å². The van der Waals surface area contributed by atoms with Crippen molar-refractivity contribution in [3.63, 3.8) is 0 Å². The van der Waals surface area contributed by atoms with E-state index in [4.69, 9.17) is 4.74 Å². The van der Waals surface area contributed by atoms with Crippen LogP contribution in [0, 0.1) is 11.7 Å². The van der Waals surface area contributed by atoms with Crippen molar-refractivity contribution in [1.82, 2.24) is 15.4 Å². The van der Waals surface area contributed by atoms with Gasteiger partial charge in [-0.15, -0.1) is 0 Å². The van der Waals surface area contributed by atoms with Gasteiger partial charge in [0.25, 0.3) is 5.91 Å². The van der Waals surface area contributed by atoms with Crippen molar-refractivity contribution in [2.24, 2.45) is 5.92 Å². The Hall–Kier alpha value is -3.36. The molecule has 6 nitrogen and oxygen atoms in total. The molecule has 3 amide bonds. The van der Waals surface area contributed by atoms with Crippen molar-refractivity contribution in [1.29, 1.82) is 0 Å². The lowest BCUT2D eigenvalue weighted by Gasteiger charge is -2.28. The number of halogens is 1. The van der Waals surface area contributed by atoms with Gasteiger partial charge in [0.1, 0.15) is 23.7 Å². The molecule has 3 aromatic rings. The van der Waals surface area contributed by atoms with Gasteiger partial charge in [-0.2, -0.15) is 0 Å². The third-order valence-corrected chi connectivity index (χ3v) is 7.47. The quantitative estimate of drug-likeness (QED) is 0.304. The SMILES string of the molecule is O=C1NC(=O)C2(CCCC2CNSc2ccc(-c3ccc(F)cc3OCc3ccccc3)cc2)N1. The Labute approximate surface area is 207 Å². The molecule has 2 atom stereocenters. The van der Waals surface area contributed by atoms with Crippen LogP contribution in [0.4, 0.5) is 9.18 Å². The lowest BCUT2D eigenvalue weighted by molar-refractivity contribution is -0.125. The second kappa shape index (κ2) is 10.1. The molecule has 1 aliphatic carbocycles. The van der Waals surface area contributed by atoms with Crippen LogP contribution in [0.1, 0.15) is 24.8 Å². The summed E-state index contributed by atoms with van der Waals surface area (Å²) in [6.45, 7) is 0.964. The fraction of sp³-hybridized carbons (Fsp3) is 0.259. The van der Waals surface area contributed by atoms with Crippen LogP contribution >= 0.6 is 11.9 Å². The van der Waals surface area contributed by atoms with E-state index in [1.165, 1.54) is 24.1 Å². The van der Waals surface area contributed by atoms with Crippen LogP contribution < -0.4 is 20.1 Å². The zero-order chi connectivity index (χ0) is 24.3. The molecule has 2 unspecified atom stereocenters. The van der Waals surface area contributed by atoms with Gasteiger partial charge < -0.3 is 10.1 Å². The van der Waals surface area contributed by atoms with Gasteiger partial charge in [-0.1, -0.05) is 48.9 Å². The number of carbonyl (C=O) groups is 2. The summed E-state index contributed by atoms with van der Waals surface area (Å²) in [7, 11) is 0. The molecule has 1 aliphatic heterocycles. The molecule has 3 aromatic carbocycles. The van der Waals surface area contributed by atoms with Crippen LogP contribution in [0.5, 0.6) is 5.75 Å². The van der Waals surface area contributed by atoms with Crippen LogP contribution in [0.3, 0.4) is 0 Å². The highest BCUT2D eigenvalue weighted by Gasteiger charge is 2.54. The van der Waals surface area contributed by atoms with Crippen molar-refractivity contribution >= 4 is 23.9 Å². The Balaban J connectivity index is 1.22. The first-order chi connectivity index (χ1) is 17.0. The second-order valence-corrected chi connectivity index (χ2v) is 9.82. The van der Waals surface area contributed by atoms with Gasteiger partial charge in [-0.25, -0.2) is 9.18 Å². The molecule has 1 heterocycles. The number of nitrogens with one attached hydrogen (secondary N) is 3. The molecule has 8 heteroatoms. The highest BCUT2D eigenvalue weighted by Crippen LogP contribution is 2.38. The number of carbonyl (C=O) groups excluding carboxylic acids is 2. The van der Waals surface area contributed by atoms with E-state index in [0.29, 0.717) is 25.3 Å². The molecule has 2 aliphatic rings. The number of amides is 3. The fourth-order valence-corrected chi connectivity index (χ4v) is 5.56. The van der Waals surface area contributed by atoms with Gasteiger partial charge in [0.05, 0.1) is 0 Å². The third-order valence-electron chi connectivity index (χ3n) is 6.66. The Kier molecular flexibility index (Phi) is 6.74. The van der Waals surface area contributed by atoms with Crippen LogP contribution in [0.25, 0.3) is 11.1 Å². The first kappa shape index (κ1) is 23.4. The smallest absolute Gasteiger partial charge is 0.322 e. The van der Waals surface area contributed by atoms with Crippen molar-refractivity contribution in [2.75, 3.05) is 6.54 Å². The predicted octanol–water partition coefficient (Wildman–Crippen LogP) is 5.05. The third kappa shape index (κ3) is 5.04. The molecule has 1 saturated carbocycles. The van der Waals surface area contributed by atoms with Crippen LogP contribution in [-0.2, 0) is 11.4 Å². The number of urea groups is 1. The highest BCUT2D eigenvalue weighted by molar-refractivity contribution is 7.97. The van der Waals surface area contributed by atoms with E-state index in [9.17, 15) is 14.0 Å². The molecule has 0 aromatic heterocycles. The number of ether oxygens (including phenoxy) is 1. The fourth-order valence-electron chi connectivity index (χ4n) is 4.84. The average molecular weight is 492 g/mol. The maximum Gasteiger partial charge on any atom is 0.322 e. The topological polar surface area (TPSA) is 79.5 Å². The summed E-state index contributed by atoms with van der Waals surface area (Å²) in [6.07, 6.45) is 2.46. The largest absolute Gasteiger partial charge is 0.488 e. The van der Waals surface area contributed by atoms with Gasteiger partial charge >= 0.3 is 6.03 Å². The number of rotatable bonds is 8. The highest BCUT2D eigenvalue weighted by atomic mass is 32.2. The lowest BCUT2D eigenvalue weighted by Crippen LogP contribution is -2.52. The van der Waals surface area contributed by atoms with Gasteiger partial charge in [0.15, 0.2) is 0 Å². The van der Waals surface area contributed by atoms with Crippen molar-refractivity contribution in [2.45, 2.75) is 36.3 Å². The number of hydrogen-bond donors (Lipinski definition) is 3. The second-order valence-electron chi connectivity index (χ2n) is 8.86. The molecule has 1 spiro atoms. The van der Waals surface area contributed by atoms with E-state index in [-0.39, 0.29) is 17.6 Å². The van der Waals surface area contributed by atoms with E-state index >= 15 is 0 Å². The summed E-state index contributed by atoms with van der Waals surface area (Å²) in [5, 5.41) is 5.22. The Morgan fingerprint density at radius 3 is 2.60 bits per heavy atom. The maximum absolute atomic E-state index is 13.9. The Bertz CT molecular complexity index is 1220. The van der Waals surface area contributed by atoms with Crippen LogP contribution in [-0.4, -0.2) is 24.0 Å². The lowest BCUT2D eigenvalue weighted by atomic mass is 9.87. The minimum atomic E-state index is -0.784. The number of hydrogen-bond acceptors (Lipinski definition) is 5. The monoisotopic (exact) mass is 491 g/mol. The van der Waals surface area contributed by atoms with E-state index in [2.05, 4.69) is 15.4 Å². The summed E-state index contributed by atoms with van der Waals surface area (Å²) >= 11 is 1.48. The molecular formula is C27H26FN3O3S. The van der Waals surface area contributed by atoms with Crippen LogP contribution in [0.15, 0.2) is 77.7 Å². The number of imide groups is 1. The number of benzene rings is 3. The summed E-state index contributed by atoms with van der Waals surface area (Å²) in [6, 6.07) is 21.9. The average Bonchev–Trinajstić information content (AvgIpc) is 3.40.